The van der Waals surface area contributed by atoms with Crippen molar-refractivity contribution in [1.82, 2.24) is 25.0 Å². The lowest BCUT2D eigenvalue weighted by Crippen LogP contribution is -2.17. The Morgan fingerprint density at radius 1 is 1.12 bits per heavy atom. The van der Waals surface area contributed by atoms with Crippen LogP contribution in [0.3, 0.4) is 0 Å². The predicted molar refractivity (Wildman–Crippen MR) is 123 cm³/mol. The van der Waals surface area contributed by atoms with E-state index in [0.29, 0.717) is 33.2 Å². The van der Waals surface area contributed by atoms with Crippen LogP contribution in [0.2, 0.25) is 0 Å². The fraction of sp³-hybridized carbons (Fsp3) is 0.182. The SMILES string of the molecule is CCOC(=O)c1ccccc1NC(=O)CSc1ncnc2c1nnn2-c1cccc(OC)c1. The van der Waals surface area contributed by atoms with Crippen LogP contribution in [-0.4, -0.2) is 56.3 Å². The number of amides is 1. The summed E-state index contributed by atoms with van der Waals surface area (Å²) >= 11 is 1.20. The van der Waals surface area contributed by atoms with E-state index in [2.05, 4.69) is 25.6 Å². The Morgan fingerprint density at radius 2 is 1.97 bits per heavy atom. The second-order valence-corrected chi connectivity index (χ2v) is 7.62. The van der Waals surface area contributed by atoms with Crippen LogP contribution in [0.4, 0.5) is 5.69 Å². The van der Waals surface area contributed by atoms with E-state index in [1.807, 2.05) is 24.3 Å². The van der Waals surface area contributed by atoms with Crippen molar-refractivity contribution in [2.45, 2.75) is 11.9 Å². The van der Waals surface area contributed by atoms with E-state index in [-0.39, 0.29) is 18.3 Å². The standard InChI is InChI=1S/C22H20N6O4S/c1-3-32-22(30)16-9-4-5-10-17(16)25-18(29)12-33-21-19-20(23-13-24-21)28(27-26-19)14-7-6-8-15(11-14)31-2/h4-11,13H,3,12H2,1-2H3,(H,25,29). The molecule has 10 nitrogen and oxygen atoms in total. The van der Waals surface area contributed by atoms with Gasteiger partial charge < -0.3 is 14.8 Å². The summed E-state index contributed by atoms with van der Waals surface area (Å²) in [6.45, 7) is 1.97. The van der Waals surface area contributed by atoms with Crippen LogP contribution in [0, 0.1) is 0 Å². The molecular weight excluding hydrogens is 444 g/mol. The molecule has 2 heterocycles. The number of carbonyl (C=O) groups is 2. The topological polar surface area (TPSA) is 121 Å². The number of rotatable bonds is 8. The summed E-state index contributed by atoms with van der Waals surface area (Å²) in [4.78, 5) is 33.2. The minimum atomic E-state index is -0.493. The normalized spacial score (nSPS) is 10.7. The summed E-state index contributed by atoms with van der Waals surface area (Å²) in [7, 11) is 1.59. The van der Waals surface area contributed by atoms with Crippen molar-refractivity contribution >= 4 is 40.5 Å². The van der Waals surface area contributed by atoms with Gasteiger partial charge in [0.25, 0.3) is 0 Å². The molecule has 0 aliphatic heterocycles. The van der Waals surface area contributed by atoms with Gasteiger partial charge in [-0.05, 0) is 31.2 Å². The summed E-state index contributed by atoms with van der Waals surface area (Å²) in [5, 5.41) is 11.7. The number of nitrogens with zero attached hydrogens (tertiary/aromatic N) is 5. The van der Waals surface area contributed by atoms with Crippen molar-refractivity contribution < 1.29 is 19.1 Å². The molecule has 1 amide bonds. The van der Waals surface area contributed by atoms with Crippen LogP contribution in [0.5, 0.6) is 5.75 Å². The summed E-state index contributed by atoms with van der Waals surface area (Å²) < 4.78 is 11.9. The molecule has 2 aromatic heterocycles. The van der Waals surface area contributed by atoms with Crippen molar-refractivity contribution in [3.63, 3.8) is 0 Å². The molecule has 4 rings (SSSR count). The molecule has 0 aliphatic carbocycles. The van der Waals surface area contributed by atoms with Crippen LogP contribution in [0.15, 0.2) is 59.9 Å². The molecule has 11 heteroatoms. The van der Waals surface area contributed by atoms with Gasteiger partial charge in [-0.25, -0.2) is 14.8 Å². The number of nitrogens with one attached hydrogen (secondary N) is 1. The van der Waals surface area contributed by atoms with E-state index in [4.69, 9.17) is 9.47 Å². The highest BCUT2D eigenvalue weighted by molar-refractivity contribution is 8.00. The molecule has 0 saturated heterocycles. The fourth-order valence-electron chi connectivity index (χ4n) is 3.05. The number of anilines is 1. The van der Waals surface area contributed by atoms with Gasteiger partial charge in [-0.3, -0.25) is 4.79 Å². The first-order valence-electron chi connectivity index (χ1n) is 10.0. The van der Waals surface area contributed by atoms with Crippen LogP contribution in [0.1, 0.15) is 17.3 Å². The van der Waals surface area contributed by atoms with E-state index in [1.54, 1.807) is 43.0 Å². The molecule has 168 valence electrons. The lowest BCUT2D eigenvalue weighted by atomic mass is 10.2. The summed E-state index contributed by atoms with van der Waals surface area (Å²) in [6.07, 6.45) is 1.40. The zero-order chi connectivity index (χ0) is 23.2. The van der Waals surface area contributed by atoms with Gasteiger partial charge in [0.2, 0.25) is 5.91 Å². The summed E-state index contributed by atoms with van der Waals surface area (Å²) in [5.74, 6) is -0.0639. The van der Waals surface area contributed by atoms with E-state index in [1.165, 1.54) is 18.1 Å². The Hall–Kier alpha value is -3.99. The molecule has 0 spiro atoms. The van der Waals surface area contributed by atoms with E-state index < -0.39 is 5.97 Å². The third-order valence-electron chi connectivity index (χ3n) is 4.54. The molecule has 33 heavy (non-hydrogen) atoms. The highest BCUT2D eigenvalue weighted by atomic mass is 32.2. The number of fused-ring (bicyclic) bond motifs is 1. The first-order chi connectivity index (χ1) is 16.1. The van der Waals surface area contributed by atoms with Crippen LogP contribution >= 0.6 is 11.8 Å². The quantitative estimate of drug-likeness (QED) is 0.238. The van der Waals surface area contributed by atoms with Crippen molar-refractivity contribution in [1.29, 1.82) is 0 Å². The Labute approximate surface area is 193 Å². The average Bonchev–Trinajstić information content (AvgIpc) is 3.28. The van der Waals surface area contributed by atoms with Crippen molar-refractivity contribution in [3.05, 3.63) is 60.4 Å². The van der Waals surface area contributed by atoms with Gasteiger partial charge in [0, 0.05) is 6.07 Å². The highest BCUT2D eigenvalue weighted by Crippen LogP contribution is 2.25. The van der Waals surface area contributed by atoms with E-state index in [9.17, 15) is 9.59 Å². The first-order valence-corrected chi connectivity index (χ1v) is 11.0. The monoisotopic (exact) mass is 464 g/mol. The van der Waals surface area contributed by atoms with Crippen LogP contribution in [0.25, 0.3) is 16.9 Å². The molecule has 0 atom stereocenters. The van der Waals surface area contributed by atoms with Gasteiger partial charge in [0.1, 0.15) is 17.1 Å². The largest absolute Gasteiger partial charge is 0.497 e. The number of benzene rings is 2. The second kappa shape index (κ2) is 10.1. The smallest absolute Gasteiger partial charge is 0.340 e. The van der Waals surface area contributed by atoms with Gasteiger partial charge >= 0.3 is 5.97 Å². The Morgan fingerprint density at radius 3 is 2.79 bits per heavy atom. The third-order valence-corrected chi connectivity index (χ3v) is 5.52. The van der Waals surface area contributed by atoms with Gasteiger partial charge in [-0.15, -0.1) is 5.10 Å². The molecule has 4 aromatic rings. The molecule has 1 N–H and O–H groups in total. The predicted octanol–water partition coefficient (Wildman–Crippen LogP) is 3.13. The molecule has 0 fully saturated rings. The lowest BCUT2D eigenvalue weighted by molar-refractivity contribution is -0.113. The zero-order valence-electron chi connectivity index (χ0n) is 17.9. The molecule has 0 radical (unpaired) electrons. The molecule has 2 aromatic carbocycles. The lowest BCUT2D eigenvalue weighted by Gasteiger charge is -2.10. The summed E-state index contributed by atoms with van der Waals surface area (Å²) in [5.41, 5.74) is 2.40. The number of carbonyl (C=O) groups excluding carboxylic acids is 2. The maximum absolute atomic E-state index is 12.6. The second-order valence-electron chi connectivity index (χ2n) is 6.66. The van der Waals surface area contributed by atoms with Crippen molar-refractivity contribution in [2.24, 2.45) is 0 Å². The Bertz CT molecular complexity index is 1310. The minimum absolute atomic E-state index is 0.0509. The van der Waals surface area contributed by atoms with Gasteiger partial charge in [0.15, 0.2) is 11.2 Å². The Balaban J connectivity index is 1.50. The van der Waals surface area contributed by atoms with E-state index in [0.717, 1.165) is 5.69 Å². The van der Waals surface area contributed by atoms with Crippen LogP contribution in [-0.2, 0) is 9.53 Å². The van der Waals surface area contributed by atoms with Crippen LogP contribution < -0.4 is 10.1 Å². The van der Waals surface area contributed by atoms with E-state index >= 15 is 0 Å². The molecule has 0 unspecified atom stereocenters. The number of hydrogen-bond donors (Lipinski definition) is 1. The first kappa shape index (κ1) is 22.2. The number of para-hydroxylation sites is 1. The number of methoxy groups -OCH3 is 1. The van der Waals surface area contributed by atoms with Crippen molar-refractivity contribution in [3.8, 4) is 11.4 Å². The molecule has 0 bridgehead atoms. The van der Waals surface area contributed by atoms with Gasteiger partial charge in [-0.1, -0.05) is 35.2 Å². The average molecular weight is 465 g/mol. The molecule has 0 saturated carbocycles. The number of aromatic nitrogens is 5. The van der Waals surface area contributed by atoms with Crippen molar-refractivity contribution in [2.75, 3.05) is 24.8 Å². The number of thioether (sulfide) groups is 1. The maximum Gasteiger partial charge on any atom is 0.340 e. The zero-order valence-corrected chi connectivity index (χ0v) is 18.7. The highest BCUT2D eigenvalue weighted by Gasteiger charge is 2.17. The minimum Gasteiger partial charge on any atom is -0.497 e. The van der Waals surface area contributed by atoms with Gasteiger partial charge in [0.05, 0.1) is 36.4 Å². The van der Waals surface area contributed by atoms with Gasteiger partial charge in [-0.2, -0.15) is 4.68 Å². The number of ether oxygens (including phenoxy) is 2. The number of hydrogen-bond acceptors (Lipinski definition) is 9. The maximum atomic E-state index is 12.6. The molecular formula is C22H20N6O4S. The summed E-state index contributed by atoms with van der Waals surface area (Å²) in [6, 6.07) is 14.0. The number of esters is 1. The Kier molecular flexibility index (Phi) is 6.79. The fourth-order valence-corrected chi connectivity index (χ4v) is 3.78. The molecule has 0 aliphatic rings. The third kappa shape index (κ3) is 4.93.